The first-order valence-electron chi connectivity index (χ1n) is 5.90. The van der Waals surface area contributed by atoms with Gasteiger partial charge in [-0.15, -0.1) is 0 Å². The number of hydrogen-bond donors (Lipinski definition) is 1. The van der Waals surface area contributed by atoms with E-state index in [-0.39, 0.29) is 11.7 Å². The van der Waals surface area contributed by atoms with Crippen molar-refractivity contribution in [1.82, 2.24) is 0 Å². The summed E-state index contributed by atoms with van der Waals surface area (Å²) in [5, 5.41) is 10.1. The van der Waals surface area contributed by atoms with Crippen molar-refractivity contribution >= 4 is 0 Å². The third-order valence-corrected chi connectivity index (χ3v) is 3.87. The summed E-state index contributed by atoms with van der Waals surface area (Å²) in [5.41, 5.74) is 0.0159. The molecular weight excluding hydrogens is 176 g/mol. The number of methoxy groups -OCH3 is 1. The van der Waals surface area contributed by atoms with Gasteiger partial charge in [-0.05, 0) is 25.2 Å². The molecule has 1 fully saturated rings. The van der Waals surface area contributed by atoms with E-state index in [1.54, 1.807) is 7.11 Å². The second kappa shape index (κ2) is 5.13. The Morgan fingerprint density at radius 1 is 1.29 bits per heavy atom. The topological polar surface area (TPSA) is 29.5 Å². The molecule has 0 aromatic carbocycles. The fraction of sp³-hybridized carbons (Fsp3) is 1.00. The Hall–Kier alpha value is -0.0800. The lowest BCUT2D eigenvalue weighted by Gasteiger charge is -2.43. The average Bonchev–Trinajstić information content (AvgIpc) is 2.13. The van der Waals surface area contributed by atoms with Gasteiger partial charge in [-0.25, -0.2) is 0 Å². The molecule has 1 rings (SSSR count). The zero-order chi connectivity index (χ0) is 10.6. The molecule has 0 radical (unpaired) electrons. The van der Waals surface area contributed by atoms with Crippen molar-refractivity contribution in [2.24, 2.45) is 5.92 Å². The number of rotatable bonds is 6. The Morgan fingerprint density at radius 3 is 2.14 bits per heavy atom. The Kier molecular flexibility index (Phi) is 4.39. The second-order valence-electron chi connectivity index (χ2n) is 4.59. The first kappa shape index (κ1) is 12.0. The first-order chi connectivity index (χ1) is 6.67. The van der Waals surface area contributed by atoms with E-state index < -0.39 is 0 Å². The minimum atomic E-state index is -0.176. The maximum absolute atomic E-state index is 10.1. The van der Waals surface area contributed by atoms with Gasteiger partial charge in [0.1, 0.15) is 0 Å². The maximum Gasteiger partial charge on any atom is 0.0703 e. The monoisotopic (exact) mass is 200 g/mol. The van der Waals surface area contributed by atoms with Crippen LogP contribution in [0.4, 0.5) is 0 Å². The average molecular weight is 200 g/mol. The normalized spacial score (nSPS) is 22.1. The van der Waals surface area contributed by atoms with Gasteiger partial charge in [-0.1, -0.05) is 26.7 Å². The van der Waals surface area contributed by atoms with Gasteiger partial charge in [-0.3, -0.25) is 0 Å². The third kappa shape index (κ3) is 2.48. The highest BCUT2D eigenvalue weighted by Crippen LogP contribution is 2.40. The lowest BCUT2D eigenvalue weighted by atomic mass is 9.74. The van der Waals surface area contributed by atoms with Crippen molar-refractivity contribution < 1.29 is 9.84 Å². The lowest BCUT2D eigenvalue weighted by Crippen LogP contribution is -2.43. The van der Waals surface area contributed by atoms with Crippen molar-refractivity contribution in [1.29, 1.82) is 0 Å². The van der Waals surface area contributed by atoms with Crippen LogP contribution in [0.15, 0.2) is 0 Å². The van der Waals surface area contributed by atoms with Gasteiger partial charge in [0.2, 0.25) is 0 Å². The van der Waals surface area contributed by atoms with Crippen LogP contribution >= 0.6 is 0 Å². The van der Waals surface area contributed by atoms with Gasteiger partial charge in [0, 0.05) is 13.5 Å². The molecule has 0 saturated heterocycles. The summed E-state index contributed by atoms with van der Waals surface area (Å²) < 4.78 is 5.52. The van der Waals surface area contributed by atoms with Gasteiger partial charge in [0.05, 0.1) is 11.7 Å². The highest BCUT2D eigenvalue weighted by molar-refractivity contribution is 4.92. The van der Waals surface area contributed by atoms with E-state index >= 15 is 0 Å². The summed E-state index contributed by atoms with van der Waals surface area (Å²) in [6.07, 6.45) is 6.29. The molecule has 14 heavy (non-hydrogen) atoms. The second-order valence-corrected chi connectivity index (χ2v) is 4.59. The maximum atomic E-state index is 10.1. The molecule has 2 heteroatoms. The van der Waals surface area contributed by atoms with Crippen molar-refractivity contribution in [3.63, 3.8) is 0 Å². The van der Waals surface area contributed by atoms with Gasteiger partial charge >= 0.3 is 0 Å². The minimum Gasteiger partial charge on any atom is -0.393 e. The molecule has 1 aliphatic carbocycles. The molecule has 1 N–H and O–H groups in total. The summed E-state index contributed by atoms with van der Waals surface area (Å²) in [4.78, 5) is 0. The van der Waals surface area contributed by atoms with Crippen LogP contribution in [0, 0.1) is 5.92 Å². The molecule has 0 heterocycles. The smallest absolute Gasteiger partial charge is 0.0703 e. The predicted octanol–water partition coefficient (Wildman–Crippen LogP) is 2.74. The van der Waals surface area contributed by atoms with Crippen LogP contribution in [-0.4, -0.2) is 23.9 Å². The van der Waals surface area contributed by atoms with E-state index in [9.17, 15) is 5.11 Å². The zero-order valence-electron chi connectivity index (χ0n) is 9.75. The highest BCUT2D eigenvalue weighted by Gasteiger charge is 2.39. The van der Waals surface area contributed by atoms with E-state index in [0.29, 0.717) is 5.92 Å². The number of ether oxygens (including phenoxy) is 1. The van der Waals surface area contributed by atoms with Crippen molar-refractivity contribution in [2.75, 3.05) is 7.11 Å². The van der Waals surface area contributed by atoms with Crippen molar-refractivity contribution in [2.45, 2.75) is 64.1 Å². The summed E-state index contributed by atoms with van der Waals surface area (Å²) in [7, 11) is 1.78. The van der Waals surface area contributed by atoms with E-state index in [4.69, 9.17) is 4.74 Å². The van der Waals surface area contributed by atoms with E-state index in [2.05, 4.69) is 13.8 Å². The zero-order valence-corrected chi connectivity index (χ0v) is 9.75. The number of aliphatic hydroxyl groups is 1. The molecule has 0 aromatic rings. The summed E-state index contributed by atoms with van der Waals surface area (Å²) in [6, 6.07) is 0. The Bertz CT molecular complexity index is 154. The third-order valence-electron chi connectivity index (χ3n) is 3.87. The standard InChI is InChI=1S/C12H24O2/c1-4-10(5-2)11(13)9-12(14-3)7-6-8-12/h10-11,13H,4-9H2,1-3H3. The number of hydrogen-bond acceptors (Lipinski definition) is 2. The van der Waals surface area contributed by atoms with E-state index in [1.807, 2.05) is 0 Å². The Balaban J connectivity index is 2.41. The molecule has 1 atom stereocenters. The van der Waals surface area contributed by atoms with Crippen molar-refractivity contribution in [3.8, 4) is 0 Å². The van der Waals surface area contributed by atoms with Crippen LogP contribution < -0.4 is 0 Å². The Morgan fingerprint density at radius 2 is 1.86 bits per heavy atom. The van der Waals surface area contributed by atoms with Crippen LogP contribution in [0.1, 0.15) is 52.4 Å². The fourth-order valence-electron chi connectivity index (χ4n) is 2.44. The molecular formula is C12H24O2. The number of aliphatic hydroxyl groups excluding tert-OH is 1. The molecule has 1 unspecified atom stereocenters. The first-order valence-corrected chi connectivity index (χ1v) is 5.90. The lowest BCUT2D eigenvalue weighted by molar-refractivity contribution is -0.107. The van der Waals surface area contributed by atoms with E-state index in [0.717, 1.165) is 32.1 Å². The minimum absolute atomic E-state index is 0.0159. The van der Waals surface area contributed by atoms with Crippen molar-refractivity contribution in [3.05, 3.63) is 0 Å². The fourth-order valence-corrected chi connectivity index (χ4v) is 2.44. The molecule has 1 saturated carbocycles. The SMILES string of the molecule is CCC(CC)C(O)CC1(OC)CCC1. The van der Waals surface area contributed by atoms with Gasteiger partial charge in [0.15, 0.2) is 0 Å². The highest BCUT2D eigenvalue weighted by atomic mass is 16.5. The Labute approximate surface area is 87.7 Å². The summed E-state index contributed by atoms with van der Waals surface area (Å²) >= 11 is 0. The molecule has 2 nitrogen and oxygen atoms in total. The van der Waals surface area contributed by atoms with Gasteiger partial charge in [-0.2, -0.15) is 0 Å². The molecule has 0 aromatic heterocycles. The van der Waals surface area contributed by atoms with Crippen LogP contribution in [0.25, 0.3) is 0 Å². The summed E-state index contributed by atoms with van der Waals surface area (Å²) in [6.45, 7) is 4.30. The quantitative estimate of drug-likeness (QED) is 0.714. The van der Waals surface area contributed by atoms with Crippen LogP contribution in [-0.2, 0) is 4.74 Å². The molecule has 0 spiro atoms. The summed E-state index contributed by atoms with van der Waals surface area (Å²) in [5.74, 6) is 0.447. The van der Waals surface area contributed by atoms with Gasteiger partial charge in [0.25, 0.3) is 0 Å². The van der Waals surface area contributed by atoms with Gasteiger partial charge < -0.3 is 9.84 Å². The van der Waals surface area contributed by atoms with E-state index in [1.165, 1.54) is 6.42 Å². The van der Waals surface area contributed by atoms with Crippen LogP contribution in [0.2, 0.25) is 0 Å². The van der Waals surface area contributed by atoms with Crippen LogP contribution in [0.3, 0.4) is 0 Å². The molecule has 0 amide bonds. The molecule has 0 aliphatic heterocycles. The predicted molar refractivity (Wildman–Crippen MR) is 58.3 cm³/mol. The molecule has 0 bridgehead atoms. The molecule has 1 aliphatic rings. The van der Waals surface area contributed by atoms with Crippen LogP contribution in [0.5, 0.6) is 0 Å². The molecule has 84 valence electrons. The largest absolute Gasteiger partial charge is 0.393 e.